The van der Waals surface area contributed by atoms with Gasteiger partial charge in [0.05, 0.1) is 22.8 Å². The smallest absolute Gasteiger partial charge is 0.186 e. The minimum absolute atomic E-state index is 0.187. The van der Waals surface area contributed by atoms with Gasteiger partial charge >= 0.3 is 0 Å². The molecule has 0 bridgehead atoms. The van der Waals surface area contributed by atoms with Gasteiger partial charge in [-0.15, -0.1) is 16.4 Å². The average molecular weight is 444 g/mol. The van der Waals surface area contributed by atoms with Crippen molar-refractivity contribution in [3.8, 4) is 0 Å². The predicted octanol–water partition coefficient (Wildman–Crippen LogP) is 3.81. The molecule has 1 aliphatic rings. The minimum Gasteiger partial charge on any atom is -0.345 e. The summed E-state index contributed by atoms with van der Waals surface area (Å²) < 4.78 is 16.4. The third-order valence-electron chi connectivity index (χ3n) is 5.49. The lowest BCUT2D eigenvalue weighted by atomic mass is 10.1. The van der Waals surface area contributed by atoms with Gasteiger partial charge in [-0.25, -0.2) is 14.1 Å². The van der Waals surface area contributed by atoms with Crippen LogP contribution < -0.4 is 4.90 Å². The Kier molecular flexibility index (Phi) is 5.45. The quantitative estimate of drug-likeness (QED) is 0.452. The van der Waals surface area contributed by atoms with E-state index in [1.807, 2.05) is 10.7 Å². The highest BCUT2D eigenvalue weighted by Gasteiger charge is 2.29. The van der Waals surface area contributed by atoms with Gasteiger partial charge in [0, 0.05) is 37.1 Å². The molecule has 1 atom stereocenters. The summed E-state index contributed by atoms with van der Waals surface area (Å²) in [5, 5.41) is 15.6. The van der Waals surface area contributed by atoms with E-state index >= 15 is 0 Å². The first-order valence-electron chi connectivity index (χ1n) is 10.0. The fraction of sp³-hybridized carbons (Fsp3) is 0.400. The zero-order valence-corrected chi connectivity index (χ0v) is 18.2. The van der Waals surface area contributed by atoms with Crippen LogP contribution in [0.25, 0.3) is 10.2 Å². The van der Waals surface area contributed by atoms with Crippen LogP contribution in [0.3, 0.4) is 0 Å². The summed E-state index contributed by atoms with van der Waals surface area (Å²) in [6.45, 7) is 6.47. The minimum atomic E-state index is -0.241. The van der Waals surface area contributed by atoms with Crippen LogP contribution in [-0.4, -0.2) is 56.3 Å². The number of benzene rings is 1. The Morgan fingerprint density at radius 1 is 1.17 bits per heavy atom. The zero-order chi connectivity index (χ0) is 20.5. The van der Waals surface area contributed by atoms with E-state index in [4.69, 9.17) is 0 Å². The number of thiazole rings is 1. The summed E-state index contributed by atoms with van der Waals surface area (Å²) in [5.74, 6) is 0.685. The van der Waals surface area contributed by atoms with E-state index in [-0.39, 0.29) is 11.9 Å². The average Bonchev–Trinajstić information content (AvgIpc) is 3.51. The fourth-order valence-corrected chi connectivity index (χ4v) is 5.65. The molecule has 7 nitrogen and oxygen atoms in total. The zero-order valence-electron chi connectivity index (χ0n) is 16.6. The number of hydrogen-bond acceptors (Lipinski definition) is 8. The van der Waals surface area contributed by atoms with Crippen molar-refractivity contribution in [3.05, 3.63) is 52.2 Å². The van der Waals surface area contributed by atoms with Gasteiger partial charge in [-0.05, 0) is 40.4 Å². The fourth-order valence-electron chi connectivity index (χ4n) is 3.97. The van der Waals surface area contributed by atoms with Gasteiger partial charge in [-0.1, -0.05) is 24.3 Å². The Morgan fingerprint density at radius 2 is 2.03 bits per heavy atom. The van der Waals surface area contributed by atoms with E-state index < -0.39 is 0 Å². The van der Waals surface area contributed by atoms with Gasteiger partial charge in [0.1, 0.15) is 5.82 Å². The molecule has 0 N–H and O–H groups in total. The van der Waals surface area contributed by atoms with Crippen molar-refractivity contribution in [1.82, 2.24) is 30.1 Å². The van der Waals surface area contributed by atoms with Gasteiger partial charge in [-0.2, -0.15) is 0 Å². The summed E-state index contributed by atoms with van der Waals surface area (Å²) in [6.07, 6.45) is 0.950. The molecule has 1 aliphatic heterocycles. The maximum absolute atomic E-state index is 13.5. The highest BCUT2D eigenvalue weighted by atomic mass is 32.1. The van der Waals surface area contributed by atoms with Crippen molar-refractivity contribution in [1.29, 1.82) is 0 Å². The molecule has 1 fully saturated rings. The Bertz CT molecular complexity index is 1120. The van der Waals surface area contributed by atoms with Crippen LogP contribution in [0.2, 0.25) is 0 Å². The van der Waals surface area contributed by atoms with E-state index in [1.54, 1.807) is 22.7 Å². The molecule has 1 unspecified atom stereocenters. The van der Waals surface area contributed by atoms with E-state index in [2.05, 4.69) is 54.7 Å². The summed E-state index contributed by atoms with van der Waals surface area (Å²) in [4.78, 5) is 10.6. The SMILES string of the molecule is CCC(c1nnnn1Cc1cccs1)N1CCN(c2nc3cc(F)ccc3s2)CC1. The van der Waals surface area contributed by atoms with Crippen LogP contribution in [0.4, 0.5) is 9.52 Å². The number of nitrogens with zero attached hydrogens (tertiary/aromatic N) is 7. The van der Waals surface area contributed by atoms with Gasteiger partial charge in [0.15, 0.2) is 11.0 Å². The number of tetrazole rings is 1. The largest absolute Gasteiger partial charge is 0.345 e. The third-order valence-corrected chi connectivity index (χ3v) is 7.45. The maximum Gasteiger partial charge on any atom is 0.186 e. The lowest BCUT2D eigenvalue weighted by Crippen LogP contribution is -2.48. The molecular formula is C20H22FN7S2. The van der Waals surface area contributed by atoms with Crippen LogP contribution in [0.15, 0.2) is 35.7 Å². The van der Waals surface area contributed by atoms with Gasteiger partial charge < -0.3 is 4.90 Å². The van der Waals surface area contributed by atoms with E-state index in [1.165, 1.54) is 17.0 Å². The predicted molar refractivity (Wildman–Crippen MR) is 118 cm³/mol. The van der Waals surface area contributed by atoms with E-state index in [9.17, 15) is 4.39 Å². The first-order valence-corrected chi connectivity index (χ1v) is 11.7. The van der Waals surface area contributed by atoms with E-state index in [0.29, 0.717) is 6.54 Å². The molecule has 0 amide bonds. The molecule has 0 saturated carbocycles. The molecular weight excluding hydrogens is 421 g/mol. The van der Waals surface area contributed by atoms with Crippen LogP contribution in [0.1, 0.15) is 30.1 Å². The van der Waals surface area contributed by atoms with Crippen molar-refractivity contribution < 1.29 is 4.39 Å². The molecule has 3 aromatic heterocycles. The molecule has 1 saturated heterocycles. The Balaban J connectivity index is 1.29. The number of hydrogen-bond donors (Lipinski definition) is 0. The van der Waals surface area contributed by atoms with Crippen molar-refractivity contribution in [2.75, 3.05) is 31.1 Å². The standard InChI is InChI=1S/C20H22FN7S2/c1-2-17(19-23-24-25-28(19)13-15-4-3-11-29-15)26-7-9-27(10-8-26)20-22-16-12-14(21)5-6-18(16)30-20/h3-6,11-12,17H,2,7-10,13H2,1H3. The lowest BCUT2D eigenvalue weighted by Gasteiger charge is -2.38. The Hall–Kier alpha value is -2.43. The molecule has 10 heteroatoms. The molecule has 0 spiro atoms. The molecule has 0 radical (unpaired) electrons. The molecule has 30 heavy (non-hydrogen) atoms. The van der Waals surface area contributed by atoms with Gasteiger partial charge in [0.25, 0.3) is 0 Å². The normalized spacial score (nSPS) is 16.4. The molecule has 4 aromatic rings. The second-order valence-corrected chi connectivity index (χ2v) is 9.37. The molecule has 1 aromatic carbocycles. The first kappa shape index (κ1) is 19.5. The topological polar surface area (TPSA) is 63.0 Å². The van der Waals surface area contributed by atoms with Crippen molar-refractivity contribution in [2.24, 2.45) is 0 Å². The maximum atomic E-state index is 13.5. The van der Waals surface area contributed by atoms with Crippen LogP contribution in [0, 0.1) is 5.82 Å². The van der Waals surface area contributed by atoms with Crippen molar-refractivity contribution >= 4 is 38.0 Å². The Morgan fingerprint density at radius 3 is 2.80 bits per heavy atom. The van der Waals surface area contributed by atoms with Gasteiger partial charge in [-0.3, -0.25) is 4.90 Å². The number of piperazine rings is 1. The molecule has 4 heterocycles. The summed E-state index contributed by atoms with van der Waals surface area (Å²) in [6, 6.07) is 9.16. The number of fused-ring (bicyclic) bond motifs is 1. The van der Waals surface area contributed by atoms with Crippen LogP contribution in [-0.2, 0) is 6.54 Å². The summed E-state index contributed by atoms with van der Waals surface area (Å²) in [5.41, 5.74) is 0.733. The molecule has 5 rings (SSSR count). The lowest BCUT2D eigenvalue weighted by molar-refractivity contribution is 0.169. The van der Waals surface area contributed by atoms with Crippen molar-refractivity contribution in [3.63, 3.8) is 0 Å². The molecule has 156 valence electrons. The van der Waals surface area contributed by atoms with Crippen LogP contribution >= 0.6 is 22.7 Å². The molecule has 0 aliphatic carbocycles. The second kappa shape index (κ2) is 8.37. The third kappa shape index (κ3) is 3.82. The number of anilines is 1. The number of thiophene rings is 1. The summed E-state index contributed by atoms with van der Waals surface area (Å²) >= 11 is 3.34. The monoisotopic (exact) mass is 443 g/mol. The first-order chi connectivity index (χ1) is 14.7. The number of rotatable bonds is 6. The highest BCUT2D eigenvalue weighted by Crippen LogP contribution is 2.31. The van der Waals surface area contributed by atoms with Crippen LogP contribution in [0.5, 0.6) is 0 Å². The van der Waals surface area contributed by atoms with Crippen molar-refractivity contribution in [2.45, 2.75) is 25.9 Å². The van der Waals surface area contributed by atoms with Gasteiger partial charge in [0.2, 0.25) is 0 Å². The second-order valence-electron chi connectivity index (χ2n) is 7.33. The Labute approximate surface area is 181 Å². The number of halogens is 1. The highest BCUT2D eigenvalue weighted by molar-refractivity contribution is 7.22. The summed E-state index contributed by atoms with van der Waals surface area (Å²) in [7, 11) is 0. The number of aromatic nitrogens is 5. The van der Waals surface area contributed by atoms with E-state index in [0.717, 1.165) is 53.8 Å².